The van der Waals surface area contributed by atoms with Gasteiger partial charge in [-0.25, -0.2) is 8.42 Å². The molecule has 116 valence electrons. The van der Waals surface area contributed by atoms with Crippen molar-refractivity contribution in [2.45, 2.75) is 32.4 Å². The van der Waals surface area contributed by atoms with Crippen LogP contribution in [0.3, 0.4) is 0 Å². The molecule has 1 aromatic carbocycles. The van der Waals surface area contributed by atoms with Crippen molar-refractivity contribution < 1.29 is 17.9 Å². The van der Waals surface area contributed by atoms with Crippen LogP contribution >= 0.6 is 11.6 Å². The van der Waals surface area contributed by atoms with Gasteiger partial charge in [0.05, 0.1) is 16.5 Å². The number of amides is 1. The third-order valence-corrected chi connectivity index (χ3v) is 5.42. The van der Waals surface area contributed by atoms with Gasteiger partial charge < -0.3 is 10.1 Å². The van der Waals surface area contributed by atoms with Gasteiger partial charge in [0.25, 0.3) is 5.91 Å². The van der Waals surface area contributed by atoms with Crippen molar-refractivity contribution in [1.29, 1.82) is 0 Å². The quantitative estimate of drug-likeness (QED) is 0.911. The SMILES string of the molecule is Cc1ccc(Cl)c(OC(C)C(=O)NC2CCS(=O)(=O)C2)c1. The van der Waals surface area contributed by atoms with Crippen LogP contribution in [-0.2, 0) is 14.6 Å². The highest BCUT2D eigenvalue weighted by molar-refractivity contribution is 7.91. The average Bonchev–Trinajstić information content (AvgIpc) is 2.73. The maximum atomic E-state index is 12.0. The topological polar surface area (TPSA) is 72.5 Å². The van der Waals surface area contributed by atoms with Crippen LogP contribution in [0.15, 0.2) is 18.2 Å². The molecule has 5 nitrogen and oxygen atoms in total. The summed E-state index contributed by atoms with van der Waals surface area (Å²) >= 11 is 6.02. The van der Waals surface area contributed by atoms with Crippen molar-refractivity contribution in [3.05, 3.63) is 28.8 Å². The highest BCUT2D eigenvalue weighted by Crippen LogP contribution is 2.26. The number of ether oxygens (including phenoxy) is 1. The molecule has 1 aliphatic rings. The molecule has 0 aromatic heterocycles. The lowest BCUT2D eigenvalue weighted by atomic mass is 10.2. The zero-order valence-corrected chi connectivity index (χ0v) is 13.5. The fraction of sp³-hybridized carbons (Fsp3) is 0.500. The Morgan fingerprint density at radius 1 is 1.48 bits per heavy atom. The first-order valence-corrected chi connectivity index (χ1v) is 8.90. The van der Waals surface area contributed by atoms with Crippen molar-refractivity contribution in [3.8, 4) is 5.75 Å². The Hall–Kier alpha value is -1.27. The second-order valence-electron chi connectivity index (χ2n) is 5.30. The number of halogens is 1. The van der Waals surface area contributed by atoms with Crippen molar-refractivity contribution in [2.75, 3.05) is 11.5 Å². The van der Waals surface area contributed by atoms with Crippen LogP contribution in [0.5, 0.6) is 5.75 Å². The molecule has 1 heterocycles. The minimum absolute atomic E-state index is 0.00331. The van der Waals surface area contributed by atoms with Gasteiger partial charge in [-0.15, -0.1) is 0 Å². The number of benzene rings is 1. The number of carbonyl (C=O) groups is 1. The molecule has 7 heteroatoms. The number of nitrogens with one attached hydrogen (secondary N) is 1. The molecular formula is C14H18ClNO4S. The zero-order valence-electron chi connectivity index (χ0n) is 11.9. The Bertz CT molecular complexity index is 644. The lowest BCUT2D eigenvalue weighted by molar-refractivity contribution is -0.127. The van der Waals surface area contributed by atoms with Gasteiger partial charge in [0.2, 0.25) is 0 Å². The Morgan fingerprint density at radius 2 is 2.19 bits per heavy atom. The third-order valence-electron chi connectivity index (χ3n) is 3.34. The molecule has 0 radical (unpaired) electrons. The zero-order chi connectivity index (χ0) is 15.6. The Balaban J connectivity index is 1.95. The molecule has 1 fully saturated rings. The van der Waals surface area contributed by atoms with E-state index < -0.39 is 15.9 Å². The minimum Gasteiger partial charge on any atom is -0.479 e. The van der Waals surface area contributed by atoms with Gasteiger partial charge >= 0.3 is 0 Å². The molecule has 1 aromatic rings. The first-order valence-electron chi connectivity index (χ1n) is 6.70. The van der Waals surface area contributed by atoms with Crippen molar-refractivity contribution in [2.24, 2.45) is 0 Å². The molecule has 2 atom stereocenters. The predicted octanol–water partition coefficient (Wildman–Crippen LogP) is 1.72. The Morgan fingerprint density at radius 3 is 2.81 bits per heavy atom. The van der Waals surface area contributed by atoms with Crippen LogP contribution in [0.4, 0.5) is 0 Å². The van der Waals surface area contributed by atoms with Crippen molar-refractivity contribution >= 4 is 27.3 Å². The molecule has 0 spiro atoms. The summed E-state index contributed by atoms with van der Waals surface area (Å²) in [6.07, 6.45) is -0.293. The average molecular weight is 332 g/mol. The summed E-state index contributed by atoms with van der Waals surface area (Å²) < 4.78 is 28.3. The fourth-order valence-electron chi connectivity index (χ4n) is 2.17. The molecule has 0 aliphatic carbocycles. The van der Waals surface area contributed by atoms with Crippen LogP contribution in [0.2, 0.25) is 5.02 Å². The second kappa shape index (κ2) is 6.23. The largest absolute Gasteiger partial charge is 0.479 e. The Labute approximate surface area is 129 Å². The number of rotatable bonds is 4. The first kappa shape index (κ1) is 16.1. The number of aryl methyl sites for hydroxylation is 1. The summed E-state index contributed by atoms with van der Waals surface area (Å²) in [5.41, 5.74) is 0.976. The van der Waals surface area contributed by atoms with Crippen LogP contribution in [0, 0.1) is 6.92 Å². The maximum Gasteiger partial charge on any atom is 0.261 e. The number of hydrogen-bond acceptors (Lipinski definition) is 4. The predicted molar refractivity (Wildman–Crippen MR) is 81.5 cm³/mol. The standard InChI is InChI=1S/C14H18ClNO4S/c1-9-3-4-12(15)13(7-9)20-10(2)14(17)16-11-5-6-21(18,19)8-11/h3-4,7,10-11H,5-6,8H2,1-2H3,(H,16,17). The van der Waals surface area contributed by atoms with Gasteiger partial charge in [-0.05, 0) is 38.0 Å². The van der Waals surface area contributed by atoms with Gasteiger partial charge in [0, 0.05) is 6.04 Å². The molecule has 21 heavy (non-hydrogen) atoms. The summed E-state index contributed by atoms with van der Waals surface area (Å²) in [6.45, 7) is 3.51. The van der Waals surface area contributed by atoms with Gasteiger partial charge in [-0.2, -0.15) is 0 Å². The van der Waals surface area contributed by atoms with Gasteiger partial charge in [0.15, 0.2) is 15.9 Å². The van der Waals surface area contributed by atoms with E-state index in [2.05, 4.69) is 5.32 Å². The summed E-state index contributed by atoms with van der Waals surface area (Å²) in [5, 5.41) is 3.14. The summed E-state index contributed by atoms with van der Waals surface area (Å²) in [6, 6.07) is 4.98. The molecule has 1 amide bonds. The van der Waals surface area contributed by atoms with Crippen LogP contribution in [0.1, 0.15) is 18.9 Å². The van der Waals surface area contributed by atoms with E-state index in [1.54, 1.807) is 19.1 Å². The molecule has 1 saturated heterocycles. The molecule has 0 bridgehead atoms. The summed E-state index contributed by atoms with van der Waals surface area (Å²) in [5.74, 6) is 0.223. The van der Waals surface area contributed by atoms with Gasteiger partial charge in [0.1, 0.15) is 5.75 Å². The van der Waals surface area contributed by atoms with E-state index in [1.807, 2.05) is 13.0 Å². The normalized spacial score (nSPS) is 21.8. The van der Waals surface area contributed by atoms with Crippen LogP contribution < -0.4 is 10.1 Å². The summed E-state index contributed by atoms with van der Waals surface area (Å²) in [7, 11) is -3.01. The second-order valence-corrected chi connectivity index (χ2v) is 7.94. The maximum absolute atomic E-state index is 12.0. The molecule has 1 aliphatic heterocycles. The molecule has 2 unspecified atom stereocenters. The van der Waals surface area contributed by atoms with Crippen LogP contribution in [0.25, 0.3) is 0 Å². The van der Waals surface area contributed by atoms with E-state index in [9.17, 15) is 13.2 Å². The van der Waals surface area contributed by atoms with Gasteiger partial charge in [-0.3, -0.25) is 4.79 Å². The molecular weight excluding hydrogens is 314 g/mol. The molecule has 0 saturated carbocycles. The summed E-state index contributed by atoms with van der Waals surface area (Å²) in [4.78, 5) is 12.0. The van der Waals surface area contributed by atoms with E-state index in [-0.39, 0.29) is 23.5 Å². The molecule has 1 N–H and O–H groups in total. The third kappa shape index (κ3) is 4.35. The van der Waals surface area contributed by atoms with E-state index in [1.165, 1.54) is 0 Å². The van der Waals surface area contributed by atoms with E-state index in [4.69, 9.17) is 16.3 Å². The first-order chi connectivity index (χ1) is 9.77. The monoisotopic (exact) mass is 331 g/mol. The molecule has 2 rings (SSSR count). The van der Waals surface area contributed by atoms with E-state index >= 15 is 0 Å². The number of sulfone groups is 1. The van der Waals surface area contributed by atoms with Gasteiger partial charge in [-0.1, -0.05) is 17.7 Å². The fourth-order valence-corrected chi connectivity index (χ4v) is 4.01. The van der Waals surface area contributed by atoms with Crippen LogP contribution in [-0.4, -0.2) is 38.0 Å². The highest BCUT2D eigenvalue weighted by atomic mass is 35.5. The van der Waals surface area contributed by atoms with E-state index in [0.29, 0.717) is 17.2 Å². The van der Waals surface area contributed by atoms with E-state index in [0.717, 1.165) is 5.56 Å². The van der Waals surface area contributed by atoms with Crippen molar-refractivity contribution in [3.63, 3.8) is 0 Å². The Kier molecular flexibility index (Phi) is 4.78. The van der Waals surface area contributed by atoms with Crippen molar-refractivity contribution in [1.82, 2.24) is 5.32 Å². The number of hydrogen-bond donors (Lipinski definition) is 1. The minimum atomic E-state index is -3.01. The number of carbonyl (C=O) groups excluding carboxylic acids is 1. The lowest BCUT2D eigenvalue weighted by Gasteiger charge is -2.18. The lowest BCUT2D eigenvalue weighted by Crippen LogP contribution is -2.43. The highest BCUT2D eigenvalue weighted by Gasteiger charge is 2.30. The smallest absolute Gasteiger partial charge is 0.261 e.